The molecular formula is C28H41N5O3. The molecule has 36 heavy (non-hydrogen) atoms. The number of rotatable bonds is 8. The molecule has 0 unspecified atom stereocenters. The summed E-state index contributed by atoms with van der Waals surface area (Å²) in [5, 5.41) is 7.30. The molecule has 0 spiro atoms. The van der Waals surface area contributed by atoms with Gasteiger partial charge in [-0.25, -0.2) is 9.97 Å². The molecule has 5 rings (SSSR count). The Morgan fingerprint density at radius 2 is 1.83 bits per heavy atom. The summed E-state index contributed by atoms with van der Waals surface area (Å²) in [6.07, 6.45) is 8.67. The number of ether oxygens (including phenoxy) is 3. The molecule has 2 aromatic heterocycles. The first kappa shape index (κ1) is 25.4. The highest BCUT2D eigenvalue weighted by atomic mass is 16.7. The summed E-state index contributed by atoms with van der Waals surface area (Å²) >= 11 is 0. The molecule has 1 aliphatic carbocycles. The van der Waals surface area contributed by atoms with Crippen LogP contribution in [0.15, 0.2) is 30.5 Å². The highest BCUT2D eigenvalue weighted by Crippen LogP contribution is 2.38. The zero-order chi connectivity index (χ0) is 25.0. The third kappa shape index (κ3) is 6.54. The van der Waals surface area contributed by atoms with Crippen LogP contribution in [0, 0.1) is 5.92 Å². The third-order valence-corrected chi connectivity index (χ3v) is 7.76. The van der Waals surface area contributed by atoms with Gasteiger partial charge in [0.1, 0.15) is 11.6 Å². The van der Waals surface area contributed by atoms with E-state index in [1.165, 1.54) is 5.56 Å². The van der Waals surface area contributed by atoms with Gasteiger partial charge in [0.25, 0.3) is 0 Å². The van der Waals surface area contributed by atoms with E-state index in [1.54, 1.807) is 6.20 Å². The molecule has 0 aromatic carbocycles. The number of nitrogens with one attached hydrogen (secondary N) is 2. The Balaban J connectivity index is 1.24. The van der Waals surface area contributed by atoms with Crippen LogP contribution < -0.4 is 16.4 Å². The van der Waals surface area contributed by atoms with Gasteiger partial charge in [-0.1, -0.05) is 6.07 Å². The number of nitrogen functional groups attached to an aromatic ring is 1. The van der Waals surface area contributed by atoms with Crippen molar-refractivity contribution in [3.63, 3.8) is 0 Å². The molecule has 3 aliphatic rings. The molecule has 2 saturated heterocycles. The first-order valence-electron chi connectivity index (χ1n) is 13.5. The second-order valence-corrected chi connectivity index (χ2v) is 10.9. The Bertz CT molecular complexity index is 1000. The van der Waals surface area contributed by atoms with Gasteiger partial charge < -0.3 is 30.6 Å². The minimum Gasteiger partial charge on any atom is -0.384 e. The molecule has 1 atom stereocenters. The van der Waals surface area contributed by atoms with Crippen molar-refractivity contribution in [3.05, 3.63) is 36.0 Å². The lowest BCUT2D eigenvalue weighted by molar-refractivity contribution is -0.137. The monoisotopic (exact) mass is 495 g/mol. The number of hydrogen-bond donors (Lipinski definition) is 3. The number of hydrogen-bond acceptors (Lipinski definition) is 8. The Labute approximate surface area is 214 Å². The summed E-state index contributed by atoms with van der Waals surface area (Å²) in [6.45, 7) is 8.10. The number of anilines is 2. The zero-order valence-corrected chi connectivity index (χ0v) is 21.7. The van der Waals surface area contributed by atoms with Crippen molar-refractivity contribution < 1.29 is 14.2 Å². The lowest BCUT2D eigenvalue weighted by Crippen LogP contribution is -2.39. The van der Waals surface area contributed by atoms with Crippen LogP contribution in [-0.4, -0.2) is 60.8 Å². The van der Waals surface area contributed by atoms with E-state index >= 15 is 0 Å². The average Bonchev–Trinajstić information content (AvgIpc) is 3.25. The molecule has 4 N–H and O–H groups in total. The molecule has 196 valence electrons. The summed E-state index contributed by atoms with van der Waals surface area (Å²) in [7, 11) is 0. The van der Waals surface area contributed by atoms with Crippen molar-refractivity contribution in [1.29, 1.82) is 0 Å². The van der Waals surface area contributed by atoms with Crippen molar-refractivity contribution in [2.24, 2.45) is 5.92 Å². The summed E-state index contributed by atoms with van der Waals surface area (Å²) in [5.41, 5.74) is 9.41. The normalized spacial score (nSPS) is 26.7. The second kappa shape index (κ2) is 11.4. The quantitative estimate of drug-likeness (QED) is 0.497. The Kier molecular flexibility index (Phi) is 8.06. The predicted molar refractivity (Wildman–Crippen MR) is 142 cm³/mol. The molecule has 3 fully saturated rings. The highest BCUT2D eigenvalue weighted by Gasteiger charge is 2.33. The van der Waals surface area contributed by atoms with Crippen LogP contribution >= 0.6 is 0 Å². The van der Waals surface area contributed by atoms with E-state index in [4.69, 9.17) is 24.9 Å². The molecule has 2 aliphatic heterocycles. The topological polar surface area (TPSA) is 104 Å². The van der Waals surface area contributed by atoms with E-state index in [-0.39, 0.29) is 6.10 Å². The van der Waals surface area contributed by atoms with Gasteiger partial charge in [0, 0.05) is 44.1 Å². The zero-order valence-electron chi connectivity index (χ0n) is 21.7. The van der Waals surface area contributed by atoms with Gasteiger partial charge in [-0.2, -0.15) is 0 Å². The molecule has 0 radical (unpaired) electrons. The van der Waals surface area contributed by atoms with E-state index in [1.807, 2.05) is 26.0 Å². The molecule has 0 amide bonds. The fourth-order valence-corrected chi connectivity index (χ4v) is 5.69. The maximum absolute atomic E-state index is 6.04. The fourth-order valence-electron chi connectivity index (χ4n) is 5.69. The van der Waals surface area contributed by atoms with Crippen LogP contribution in [0.3, 0.4) is 0 Å². The lowest BCUT2D eigenvalue weighted by atomic mass is 9.80. The van der Waals surface area contributed by atoms with E-state index in [0.717, 1.165) is 81.9 Å². The van der Waals surface area contributed by atoms with Crippen molar-refractivity contribution in [1.82, 2.24) is 15.3 Å². The largest absolute Gasteiger partial charge is 0.384 e. The maximum Gasteiger partial charge on any atom is 0.163 e. The number of pyridine rings is 2. The van der Waals surface area contributed by atoms with E-state index in [0.29, 0.717) is 30.3 Å². The molecule has 1 saturated carbocycles. The SMILES string of the molecule is CC1(C)OC[C@@H](CN[C@H]2CC[C@H](c3ccc(NCC4CCOCC4)nc3-c3ccnc(N)c3)CC2)O1. The Morgan fingerprint density at radius 3 is 2.56 bits per heavy atom. The molecule has 0 bridgehead atoms. The summed E-state index contributed by atoms with van der Waals surface area (Å²) in [4.78, 5) is 9.29. The maximum atomic E-state index is 6.04. The minimum atomic E-state index is -0.463. The van der Waals surface area contributed by atoms with Crippen LogP contribution in [-0.2, 0) is 14.2 Å². The van der Waals surface area contributed by atoms with Crippen LogP contribution in [0.5, 0.6) is 0 Å². The predicted octanol–water partition coefficient (Wildman–Crippen LogP) is 4.33. The van der Waals surface area contributed by atoms with Gasteiger partial charge in [0.05, 0.1) is 18.4 Å². The standard InChI is InChI=1S/C28H41N5O3/c1-28(2)35-18-23(36-28)17-31-22-5-3-20(4-6-22)24-7-8-26(32-16-19-10-13-34-14-11-19)33-27(24)21-9-12-30-25(29)15-21/h7-9,12,15,19-20,22-23,31H,3-6,10-11,13-14,16-18H2,1-2H3,(H2,29,30)(H,32,33)/t20-,22-,23-/m1/s1. The van der Waals surface area contributed by atoms with Gasteiger partial charge in [-0.05, 0) is 88.0 Å². The molecule has 8 heteroatoms. The second-order valence-electron chi connectivity index (χ2n) is 10.9. The first-order valence-corrected chi connectivity index (χ1v) is 13.5. The van der Waals surface area contributed by atoms with Gasteiger partial charge in [0.2, 0.25) is 0 Å². The fraction of sp³-hybridized carbons (Fsp3) is 0.643. The van der Waals surface area contributed by atoms with Gasteiger partial charge in [0.15, 0.2) is 5.79 Å². The summed E-state index contributed by atoms with van der Waals surface area (Å²) in [6, 6.07) is 8.89. The molecule has 4 heterocycles. The number of nitrogens with zero attached hydrogens (tertiary/aromatic N) is 2. The van der Waals surface area contributed by atoms with Gasteiger partial charge in [-0.3, -0.25) is 0 Å². The number of nitrogens with two attached hydrogens (primary N) is 1. The third-order valence-electron chi connectivity index (χ3n) is 7.76. The summed E-state index contributed by atoms with van der Waals surface area (Å²) < 4.78 is 17.2. The van der Waals surface area contributed by atoms with Crippen molar-refractivity contribution >= 4 is 11.6 Å². The smallest absolute Gasteiger partial charge is 0.163 e. The van der Waals surface area contributed by atoms with Crippen molar-refractivity contribution in [2.45, 2.75) is 76.2 Å². The Morgan fingerprint density at radius 1 is 1.03 bits per heavy atom. The summed E-state index contributed by atoms with van der Waals surface area (Å²) in [5.74, 6) is 2.10. The minimum absolute atomic E-state index is 0.131. The van der Waals surface area contributed by atoms with Crippen LogP contribution in [0.4, 0.5) is 11.6 Å². The van der Waals surface area contributed by atoms with Crippen molar-refractivity contribution in [2.75, 3.05) is 44.0 Å². The van der Waals surface area contributed by atoms with Crippen molar-refractivity contribution in [3.8, 4) is 11.3 Å². The molecule has 8 nitrogen and oxygen atoms in total. The molecular weight excluding hydrogens is 454 g/mol. The van der Waals surface area contributed by atoms with Gasteiger partial charge in [-0.15, -0.1) is 0 Å². The highest BCUT2D eigenvalue weighted by molar-refractivity contribution is 5.68. The first-order chi connectivity index (χ1) is 17.4. The van der Waals surface area contributed by atoms with Crippen LogP contribution in [0.2, 0.25) is 0 Å². The van der Waals surface area contributed by atoms with Crippen LogP contribution in [0.25, 0.3) is 11.3 Å². The average molecular weight is 496 g/mol. The Hall–Kier alpha value is -2.26. The molecule has 2 aromatic rings. The van der Waals surface area contributed by atoms with Crippen LogP contribution in [0.1, 0.15) is 63.9 Å². The van der Waals surface area contributed by atoms with Gasteiger partial charge >= 0.3 is 0 Å². The van der Waals surface area contributed by atoms with E-state index < -0.39 is 5.79 Å². The lowest BCUT2D eigenvalue weighted by Gasteiger charge is -2.31. The number of aromatic nitrogens is 2. The van der Waals surface area contributed by atoms with E-state index in [2.05, 4.69) is 27.8 Å². The van der Waals surface area contributed by atoms with E-state index in [9.17, 15) is 0 Å².